The summed E-state index contributed by atoms with van der Waals surface area (Å²) >= 11 is 7.85. The lowest BCUT2D eigenvalue weighted by Gasteiger charge is -2.19. The fraction of sp³-hybridized carbons (Fsp3) is 0.692. The number of halogens is 1. The number of rotatable bonds is 6. The van der Waals surface area contributed by atoms with Crippen molar-refractivity contribution in [2.75, 3.05) is 6.54 Å². The Hall–Kier alpha value is -0.0500. The summed E-state index contributed by atoms with van der Waals surface area (Å²) in [5.41, 5.74) is 1.20. The Bertz CT molecular complexity index is 300. The average Bonchev–Trinajstić information content (AvgIpc) is 2.53. The number of thiophene rings is 1. The van der Waals surface area contributed by atoms with E-state index in [2.05, 4.69) is 39.1 Å². The van der Waals surface area contributed by atoms with E-state index in [1.54, 1.807) is 11.3 Å². The number of aryl methyl sites for hydroxylation is 1. The zero-order valence-corrected chi connectivity index (χ0v) is 12.2. The molecule has 0 aromatic carbocycles. The van der Waals surface area contributed by atoms with Crippen molar-refractivity contribution < 1.29 is 0 Å². The van der Waals surface area contributed by atoms with Gasteiger partial charge in [0.25, 0.3) is 0 Å². The Kier molecular flexibility index (Phi) is 5.81. The summed E-state index contributed by atoms with van der Waals surface area (Å²) in [5, 5.41) is 3.61. The van der Waals surface area contributed by atoms with E-state index in [1.165, 1.54) is 23.3 Å². The quantitative estimate of drug-likeness (QED) is 0.774. The Balaban J connectivity index is 2.74. The molecule has 0 saturated heterocycles. The minimum atomic E-state index is 0.469. The lowest BCUT2D eigenvalue weighted by atomic mass is 10.0. The van der Waals surface area contributed by atoms with Crippen molar-refractivity contribution in [2.24, 2.45) is 5.92 Å². The Labute approximate surface area is 108 Å². The highest BCUT2D eigenvalue weighted by Crippen LogP contribution is 2.33. The first kappa shape index (κ1) is 14.0. The summed E-state index contributed by atoms with van der Waals surface area (Å²) in [6.07, 6.45) is 2.35. The van der Waals surface area contributed by atoms with Gasteiger partial charge in [0.2, 0.25) is 0 Å². The van der Waals surface area contributed by atoms with E-state index in [0.29, 0.717) is 12.0 Å². The number of nitrogens with one attached hydrogen (secondary N) is 1. The van der Waals surface area contributed by atoms with Gasteiger partial charge in [-0.15, -0.1) is 11.3 Å². The molecule has 0 spiro atoms. The number of hydrogen-bond acceptors (Lipinski definition) is 2. The smallest absolute Gasteiger partial charge is 0.0960 e. The van der Waals surface area contributed by atoms with E-state index in [-0.39, 0.29) is 0 Å². The molecule has 1 heterocycles. The van der Waals surface area contributed by atoms with Gasteiger partial charge in [0.05, 0.1) is 4.34 Å². The van der Waals surface area contributed by atoms with Crippen molar-refractivity contribution in [3.63, 3.8) is 0 Å². The lowest BCUT2D eigenvalue weighted by molar-refractivity contribution is 0.435. The van der Waals surface area contributed by atoms with Crippen LogP contribution < -0.4 is 5.32 Å². The molecular formula is C13H22ClNS. The van der Waals surface area contributed by atoms with Crippen LogP contribution in [0, 0.1) is 12.8 Å². The molecular weight excluding hydrogens is 238 g/mol. The van der Waals surface area contributed by atoms with Crippen molar-refractivity contribution in [3.8, 4) is 0 Å². The molecule has 0 bridgehead atoms. The van der Waals surface area contributed by atoms with Crippen LogP contribution in [0.5, 0.6) is 0 Å². The molecule has 0 amide bonds. The average molecular weight is 260 g/mol. The second kappa shape index (κ2) is 6.63. The fourth-order valence-electron chi connectivity index (χ4n) is 1.75. The van der Waals surface area contributed by atoms with E-state index >= 15 is 0 Å². The largest absolute Gasteiger partial charge is 0.309 e. The van der Waals surface area contributed by atoms with E-state index in [4.69, 9.17) is 11.6 Å². The van der Waals surface area contributed by atoms with Gasteiger partial charge in [-0.2, -0.15) is 0 Å². The molecule has 1 aromatic rings. The summed E-state index contributed by atoms with van der Waals surface area (Å²) in [4.78, 5) is 1.38. The molecule has 1 unspecified atom stereocenters. The zero-order valence-electron chi connectivity index (χ0n) is 10.6. The van der Waals surface area contributed by atoms with Gasteiger partial charge in [0.15, 0.2) is 0 Å². The van der Waals surface area contributed by atoms with Crippen LogP contribution in [0.25, 0.3) is 0 Å². The zero-order chi connectivity index (χ0) is 12.1. The van der Waals surface area contributed by atoms with Crippen LogP contribution in [-0.4, -0.2) is 6.54 Å². The second-order valence-corrected chi connectivity index (χ2v) is 6.43. The molecule has 0 aliphatic heterocycles. The molecule has 3 heteroatoms. The second-order valence-electron chi connectivity index (χ2n) is 4.74. The minimum Gasteiger partial charge on any atom is -0.309 e. The summed E-state index contributed by atoms with van der Waals surface area (Å²) < 4.78 is 0.932. The van der Waals surface area contributed by atoms with Gasteiger partial charge in [-0.05, 0) is 43.9 Å². The van der Waals surface area contributed by atoms with Crippen LogP contribution in [0.2, 0.25) is 4.34 Å². The van der Waals surface area contributed by atoms with Crippen molar-refractivity contribution in [1.29, 1.82) is 0 Å². The summed E-state index contributed by atoms with van der Waals surface area (Å²) in [6.45, 7) is 9.89. The molecule has 0 radical (unpaired) electrons. The molecule has 16 heavy (non-hydrogen) atoms. The van der Waals surface area contributed by atoms with Gasteiger partial charge in [0.1, 0.15) is 0 Å². The van der Waals surface area contributed by atoms with E-state index in [1.807, 2.05) is 0 Å². The topological polar surface area (TPSA) is 12.0 Å². The van der Waals surface area contributed by atoms with Crippen molar-refractivity contribution in [3.05, 3.63) is 20.8 Å². The SMILES string of the molecule is CCCNC(CC(C)C)c1cc(C)c(Cl)s1. The maximum Gasteiger partial charge on any atom is 0.0960 e. The molecule has 1 rings (SSSR count). The first-order valence-corrected chi connectivity index (χ1v) is 7.23. The van der Waals surface area contributed by atoms with Crippen LogP contribution in [-0.2, 0) is 0 Å². The highest BCUT2D eigenvalue weighted by Gasteiger charge is 2.15. The molecule has 0 aliphatic carbocycles. The van der Waals surface area contributed by atoms with Crippen molar-refractivity contribution in [1.82, 2.24) is 5.32 Å². The molecule has 1 nitrogen and oxygen atoms in total. The standard InChI is InChI=1S/C13H22ClNS/c1-5-6-15-11(7-9(2)3)12-8-10(4)13(14)16-12/h8-9,11,15H,5-7H2,1-4H3. The van der Waals surface area contributed by atoms with Gasteiger partial charge < -0.3 is 5.32 Å². The van der Waals surface area contributed by atoms with E-state index < -0.39 is 0 Å². The highest BCUT2D eigenvalue weighted by atomic mass is 35.5. The summed E-state index contributed by atoms with van der Waals surface area (Å²) in [7, 11) is 0. The van der Waals surface area contributed by atoms with Crippen LogP contribution in [0.1, 0.15) is 50.1 Å². The van der Waals surface area contributed by atoms with Gasteiger partial charge >= 0.3 is 0 Å². The third kappa shape index (κ3) is 4.08. The van der Waals surface area contributed by atoms with Crippen LogP contribution in [0.3, 0.4) is 0 Å². The fourth-order valence-corrected chi connectivity index (χ4v) is 3.05. The first-order valence-electron chi connectivity index (χ1n) is 6.03. The lowest BCUT2D eigenvalue weighted by Crippen LogP contribution is -2.22. The van der Waals surface area contributed by atoms with E-state index in [9.17, 15) is 0 Å². The van der Waals surface area contributed by atoms with Crippen LogP contribution >= 0.6 is 22.9 Å². The predicted molar refractivity (Wildman–Crippen MR) is 74.6 cm³/mol. The highest BCUT2D eigenvalue weighted by molar-refractivity contribution is 7.16. The normalized spacial score (nSPS) is 13.4. The van der Waals surface area contributed by atoms with Gasteiger partial charge in [0, 0.05) is 10.9 Å². The summed E-state index contributed by atoms with van der Waals surface area (Å²) in [5.74, 6) is 0.704. The molecule has 1 atom stereocenters. The van der Waals surface area contributed by atoms with Gasteiger partial charge in [-0.1, -0.05) is 32.4 Å². The molecule has 0 aliphatic rings. The third-order valence-corrected chi connectivity index (χ3v) is 4.24. The minimum absolute atomic E-state index is 0.469. The molecule has 1 aromatic heterocycles. The maximum atomic E-state index is 6.13. The predicted octanol–water partition coefficient (Wildman–Crippen LogP) is 4.80. The number of hydrogen-bond donors (Lipinski definition) is 1. The Morgan fingerprint density at radius 3 is 2.56 bits per heavy atom. The molecule has 92 valence electrons. The van der Waals surface area contributed by atoms with E-state index in [0.717, 1.165) is 10.9 Å². The van der Waals surface area contributed by atoms with Gasteiger partial charge in [-0.3, -0.25) is 0 Å². The first-order chi connectivity index (χ1) is 7.54. The molecule has 0 saturated carbocycles. The summed E-state index contributed by atoms with van der Waals surface area (Å²) in [6, 6.07) is 2.69. The van der Waals surface area contributed by atoms with Crippen LogP contribution in [0.4, 0.5) is 0 Å². The Morgan fingerprint density at radius 1 is 1.44 bits per heavy atom. The van der Waals surface area contributed by atoms with Crippen molar-refractivity contribution >= 4 is 22.9 Å². The third-order valence-electron chi connectivity index (χ3n) is 2.57. The maximum absolute atomic E-state index is 6.13. The van der Waals surface area contributed by atoms with Crippen molar-refractivity contribution in [2.45, 2.75) is 46.6 Å². The molecule has 0 fully saturated rings. The monoisotopic (exact) mass is 259 g/mol. The Morgan fingerprint density at radius 2 is 2.12 bits per heavy atom. The van der Waals surface area contributed by atoms with Gasteiger partial charge in [-0.25, -0.2) is 0 Å². The molecule has 1 N–H and O–H groups in total. The van der Waals surface area contributed by atoms with Crippen LogP contribution in [0.15, 0.2) is 6.07 Å².